The summed E-state index contributed by atoms with van der Waals surface area (Å²) in [4.78, 5) is 12.4. The fraction of sp³-hybridized carbons (Fsp3) is 0.389. The molecule has 0 fully saturated rings. The smallest absolute Gasteiger partial charge is 0.243 e. The number of hydrogen-bond donors (Lipinski definition) is 1. The monoisotopic (exact) mass is 341 g/mol. The van der Waals surface area contributed by atoms with Gasteiger partial charge in [0.1, 0.15) is 11.7 Å². The minimum absolute atomic E-state index is 0.369. The molecule has 0 bridgehead atoms. The zero-order valence-electron chi connectivity index (χ0n) is 13.7. The van der Waals surface area contributed by atoms with Gasteiger partial charge >= 0.3 is 0 Å². The van der Waals surface area contributed by atoms with E-state index in [0.717, 1.165) is 18.6 Å². The Morgan fingerprint density at radius 3 is 2.71 bits per heavy atom. The van der Waals surface area contributed by atoms with Gasteiger partial charge in [0.05, 0.1) is 35.8 Å². The molecular formula is C18H19N3O2S. The number of hydrogen-bond acceptors (Lipinski definition) is 5. The van der Waals surface area contributed by atoms with Crippen LogP contribution in [0.1, 0.15) is 31.2 Å². The molecule has 0 saturated heterocycles. The second kappa shape index (κ2) is 8.42. The van der Waals surface area contributed by atoms with Gasteiger partial charge in [0.25, 0.3) is 0 Å². The van der Waals surface area contributed by atoms with E-state index in [1.807, 2.05) is 18.2 Å². The molecule has 5 nitrogen and oxygen atoms in total. The predicted molar refractivity (Wildman–Crippen MR) is 93.0 cm³/mol. The summed E-state index contributed by atoms with van der Waals surface area (Å²) in [6.07, 6.45) is 2.02. The molecule has 1 heterocycles. The van der Waals surface area contributed by atoms with E-state index in [1.165, 1.54) is 18.9 Å². The van der Waals surface area contributed by atoms with E-state index in [4.69, 9.17) is 4.74 Å². The Morgan fingerprint density at radius 1 is 1.33 bits per heavy atom. The van der Waals surface area contributed by atoms with Crippen molar-refractivity contribution >= 4 is 17.7 Å². The SMILES string of the molecule is CCCCSC1=C(C#N)[C@@H](c2ccccc2OC)[C@@H](C#N)C(=O)N1. The van der Waals surface area contributed by atoms with Crippen LogP contribution in [0, 0.1) is 28.6 Å². The molecule has 0 aliphatic carbocycles. The van der Waals surface area contributed by atoms with Gasteiger partial charge < -0.3 is 10.1 Å². The van der Waals surface area contributed by atoms with E-state index in [9.17, 15) is 15.3 Å². The Hall–Kier alpha value is -2.44. The first-order valence-corrected chi connectivity index (χ1v) is 8.76. The molecule has 1 aromatic rings. The number of nitriles is 2. The third-order valence-corrected chi connectivity index (χ3v) is 4.99. The molecule has 2 rings (SSSR count). The number of carbonyl (C=O) groups excluding carboxylic acids is 1. The summed E-state index contributed by atoms with van der Waals surface area (Å²) in [7, 11) is 1.54. The Balaban J connectivity index is 2.54. The highest BCUT2D eigenvalue weighted by atomic mass is 32.2. The van der Waals surface area contributed by atoms with E-state index in [-0.39, 0.29) is 5.91 Å². The average molecular weight is 341 g/mol. The van der Waals surface area contributed by atoms with Gasteiger partial charge in [-0.25, -0.2) is 0 Å². The molecule has 0 saturated carbocycles. The third-order valence-electron chi connectivity index (χ3n) is 3.89. The Labute approximate surface area is 146 Å². The third kappa shape index (κ3) is 3.55. The van der Waals surface area contributed by atoms with Crippen LogP contribution in [0.25, 0.3) is 0 Å². The number of unbranched alkanes of at least 4 members (excludes halogenated alkanes) is 1. The summed E-state index contributed by atoms with van der Waals surface area (Å²) >= 11 is 1.46. The largest absolute Gasteiger partial charge is 0.496 e. The zero-order valence-corrected chi connectivity index (χ0v) is 14.5. The number of thioether (sulfide) groups is 1. The molecule has 0 unspecified atom stereocenters. The van der Waals surface area contributed by atoms with Crippen LogP contribution < -0.4 is 10.1 Å². The quantitative estimate of drug-likeness (QED) is 0.802. The molecule has 1 aliphatic rings. The Bertz CT molecular complexity index is 731. The standard InChI is InChI=1S/C18H19N3O2S/c1-3-4-9-24-18-14(11-20)16(13(10-19)17(22)21-18)12-7-5-6-8-15(12)23-2/h5-8,13,16H,3-4,9H2,1-2H3,(H,21,22)/t13-,16+/m1/s1. The normalized spacial score (nSPS) is 20.1. The van der Waals surface area contributed by atoms with E-state index in [2.05, 4.69) is 18.3 Å². The van der Waals surface area contributed by atoms with Gasteiger partial charge in [-0.1, -0.05) is 31.5 Å². The first-order valence-electron chi connectivity index (χ1n) is 7.78. The van der Waals surface area contributed by atoms with Crippen molar-refractivity contribution in [2.45, 2.75) is 25.7 Å². The topological polar surface area (TPSA) is 85.9 Å². The maximum atomic E-state index is 12.4. The molecule has 124 valence electrons. The molecule has 24 heavy (non-hydrogen) atoms. The van der Waals surface area contributed by atoms with Crippen molar-refractivity contribution in [2.24, 2.45) is 5.92 Å². The van der Waals surface area contributed by atoms with Crippen LogP contribution >= 0.6 is 11.8 Å². The Morgan fingerprint density at radius 2 is 2.08 bits per heavy atom. The lowest BCUT2D eigenvalue weighted by Crippen LogP contribution is -2.39. The van der Waals surface area contributed by atoms with Gasteiger partial charge in [0.15, 0.2) is 0 Å². The van der Waals surface area contributed by atoms with E-state index in [1.54, 1.807) is 12.1 Å². The van der Waals surface area contributed by atoms with Crippen molar-refractivity contribution < 1.29 is 9.53 Å². The second-order valence-corrected chi connectivity index (χ2v) is 6.48. The minimum Gasteiger partial charge on any atom is -0.496 e. The van der Waals surface area contributed by atoms with Crippen LogP contribution in [0.2, 0.25) is 0 Å². The van der Waals surface area contributed by atoms with Crippen molar-refractivity contribution in [2.75, 3.05) is 12.9 Å². The van der Waals surface area contributed by atoms with Gasteiger partial charge in [-0.3, -0.25) is 4.79 Å². The number of amides is 1. The summed E-state index contributed by atoms with van der Waals surface area (Å²) in [5, 5.41) is 22.5. The summed E-state index contributed by atoms with van der Waals surface area (Å²) in [6.45, 7) is 2.09. The molecule has 2 atom stereocenters. The first-order chi connectivity index (χ1) is 11.7. The highest BCUT2D eigenvalue weighted by molar-refractivity contribution is 8.03. The molecule has 6 heteroatoms. The van der Waals surface area contributed by atoms with E-state index < -0.39 is 11.8 Å². The number of carbonyl (C=O) groups is 1. The molecule has 0 aromatic heterocycles. The number of nitrogens with zero attached hydrogens (tertiary/aromatic N) is 2. The van der Waals surface area contributed by atoms with Gasteiger partial charge in [-0.2, -0.15) is 10.5 Å². The van der Waals surface area contributed by atoms with Crippen LogP contribution in [0.3, 0.4) is 0 Å². The number of rotatable bonds is 6. The van der Waals surface area contributed by atoms with Crippen molar-refractivity contribution in [3.8, 4) is 17.9 Å². The Kier molecular flexibility index (Phi) is 6.28. The van der Waals surface area contributed by atoms with Crippen LogP contribution in [-0.2, 0) is 4.79 Å². The maximum absolute atomic E-state index is 12.4. The lowest BCUT2D eigenvalue weighted by molar-refractivity contribution is -0.123. The first kappa shape index (κ1) is 17.9. The fourth-order valence-electron chi connectivity index (χ4n) is 2.66. The number of benzene rings is 1. The lowest BCUT2D eigenvalue weighted by atomic mass is 9.79. The summed E-state index contributed by atoms with van der Waals surface area (Å²) in [5.41, 5.74) is 1.11. The second-order valence-electron chi connectivity index (χ2n) is 5.37. The minimum atomic E-state index is -0.952. The average Bonchev–Trinajstić information content (AvgIpc) is 2.61. The molecule has 1 aliphatic heterocycles. The van der Waals surface area contributed by atoms with Crippen molar-refractivity contribution in [1.82, 2.24) is 5.32 Å². The van der Waals surface area contributed by atoms with Crippen molar-refractivity contribution in [3.63, 3.8) is 0 Å². The lowest BCUT2D eigenvalue weighted by Gasteiger charge is -2.29. The summed E-state index contributed by atoms with van der Waals surface area (Å²) in [5.74, 6) is -0.553. The van der Waals surface area contributed by atoms with Crippen molar-refractivity contribution in [3.05, 3.63) is 40.4 Å². The molecule has 0 radical (unpaired) electrons. The van der Waals surface area contributed by atoms with Gasteiger partial charge in [0, 0.05) is 5.56 Å². The number of nitrogens with one attached hydrogen (secondary N) is 1. The molecule has 0 spiro atoms. The number of para-hydroxylation sites is 1. The van der Waals surface area contributed by atoms with Gasteiger partial charge in [0.2, 0.25) is 5.91 Å². The highest BCUT2D eigenvalue weighted by Gasteiger charge is 2.40. The van der Waals surface area contributed by atoms with Crippen LogP contribution in [0.4, 0.5) is 0 Å². The van der Waals surface area contributed by atoms with Crippen LogP contribution in [-0.4, -0.2) is 18.8 Å². The predicted octanol–water partition coefficient (Wildman–Crippen LogP) is 3.32. The zero-order chi connectivity index (χ0) is 17.5. The van der Waals surface area contributed by atoms with E-state index >= 15 is 0 Å². The fourth-order valence-corrected chi connectivity index (χ4v) is 3.80. The van der Waals surface area contributed by atoms with E-state index in [0.29, 0.717) is 21.9 Å². The molecular weight excluding hydrogens is 322 g/mol. The van der Waals surface area contributed by atoms with Gasteiger partial charge in [-0.15, -0.1) is 11.8 Å². The number of allylic oxidation sites excluding steroid dienone is 1. The molecule has 1 N–H and O–H groups in total. The summed E-state index contributed by atoms with van der Waals surface area (Å²) in [6, 6.07) is 11.5. The highest BCUT2D eigenvalue weighted by Crippen LogP contribution is 2.42. The number of methoxy groups -OCH3 is 1. The van der Waals surface area contributed by atoms with Crippen LogP contribution in [0.5, 0.6) is 5.75 Å². The van der Waals surface area contributed by atoms with Crippen LogP contribution in [0.15, 0.2) is 34.9 Å². The molecule has 1 amide bonds. The van der Waals surface area contributed by atoms with Gasteiger partial charge in [-0.05, 0) is 18.2 Å². The number of ether oxygens (including phenoxy) is 1. The molecule has 1 aromatic carbocycles. The maximum Gasteiger partial charge on any atom is 0.243 e. The summed E-state index contributed by atoms with van der Waals surface area (Å²) < 4.78 is 5.37. The van der Waals surface area contributed by atoms with Crippen molar-refractivity contribution in [1.29, 1.82) is 10.5 Å².